The van der Waals surface area contributed by atoms with Gasteiger partial charge in [-0.2, -0.15) is 0 Å². The molecule has 17 heavy (non-hydrogen) atoms. The minimum Gasteiger partial charge on any atom is -0.382 e. The second kappa shape index (κ2) is 5.12. The quantitative estimate of drug-likeness (QED) is 0.809. The van der Waals surface area contributed by atoms with Gasteiger partial charge in [0.2, 0.25) is 0 Å². The molecule has 1 saturated carbocycles. The molecule has 5 nitrogen and oxygen atoms in total. The van der Waals surface area contributed by atoms with Crippen molar-refractivity contribution in [3.05, 3.63) is 17.8 Å². The van der Waals surface area contributed by atoms with Crippen LogP contribution in [0.15, 0.2) is 12.1 Å². The third-order valence-electron chi connectivity index (χ3n) is 3.27. The molecule has 3 N–H and O–H groups in total. The molecule has 0 saturated heterocycles. The molecule has 2 rings (SSSR count). The third kappa shape index (κ3) is 3.15. The fraction of sp³-hybridized carbons (Fsp3) is 0.583. The van der Waals surface area contributed by atoms with Gasteiger partial charge in [0, 0.05) is 6.04 Å². The zero-order chi connectivity index (χ0) is 12.3. The predicted molar refractivity (Wildman–Crippen MR) is 65.3 cm³/mol. The minimum atomic E-state index is -0.156. The van der Waals surface area contributed by atoms with Gasteiger partial charge in [0.05, 0.1) is 0 Å². The van der Waals surface area contributed by atoms with Crippen molar-refractivity contribution in [3.63, 3.8) is 0 Å². The summed E-state index contributed by atoms with van der Waals surface area (Å²) in [6, 6.07) is 3.46. The number of nitrogens with zero attached hydrogens (tertiary/aromatic N) is 2. The van der Waals surface area contributed by atoms with Gasteiger partial charge < -0.3 is 11.1 Å². The Morgan fingerprint density at radius 1 is 1.29 bits per heavy atom. The molecule has 1 fully saturated rings. The molecule has 0 aliphatic heterocycles. The molecule has 1 aliphatic rings. The zero-order valence-electron chi connectivity index (χ0n) is 10.0. The summed E-state index contributed by atoms with van der Waals surface area (Å²) < 4.78 is 0. The maximum Gasteiger partial charge on any atom is 0.272 e. The fourth-order valence-electron chi connectivity index (χ4n) is 2.13. The SMILES string of the molecule is CC1CCC(NC(=O)c2ccc(N)nn2)CC1. The van der Waals surface area contributed by atoms with E-state index in [9.17, 15) is 4.79 Å². The Bertz CT molecular complexity index is 382. The van der Waals surface area contributed by atoms with E-state index in [1.165, 1.54) is 12.8 Å². The van der Waals surface area contributed by atoms with E-state index >= 15 is 0 Å². The highest BCUT2D eigenvalue weighted by Crippen LogP contribution is 2.23. The van der Waals surface area contributed by atoms with Crippen molar-refractivity contribution in [1.29, 1.82) is 0 Å². The van der Waals surface area contributed by atoms with Crippen molar-refractivity contribution in [2.45, 2.75) is 38.6 Å². The molecule has 1 heterocycles. The van der Waals surface area contributed by atoms with E-state index in [0.717, 1.165) is 18.8 Å². The van der Waals surface area contributed by atoms with Crippen LogP contribution in [0.2, 0.25) is 0 Å². The first kappa shape index (κ1) is 11.8. The van der Waals surface area contributed by atoms with Gasteiger partial charge in [0.15, 0.2) is 5.69 Å². The Labute approximate surface area is 101 Å². The van der Waals surface area contributed by atoms with Crippen LogP contribution in [0.4, 0.5) is 5.82 Å². The summed E-state index contributed by atoms with van der Waals surface area (Å²) in [6.07, 6.45) is 4.46. The van der Waals surface area contributed by atoms with Gasteiger partial charge in [-0.1, -0.05) is 6.92 Å². The molecule has 0 aromatic carbocycles. The molecule has 0 atom stereocenters. The minimum absolute atomic E-state index is 0.156. The maximum atomic E-state index is 11.9. The number of carbonyl (C=O) groups is 1. The standard InChI is InChI=1S/C12H18N4O/c1-8-2-4-9(5-3-8)14-12(17)10-6-7-11(13)16-15-10/h6-9H,2-5H2,1H3,(H2,13,16)(H,14,17). The van der Waals surface area contributed by atoms with Crippen LogP contribution in [0, 0.1) is 5.92 Å². The Hall–Kier alpha value is -1.65. The average Bonchev–Trinajstić information content (AvgIpc) is 2.33. The Morgan fingerprint density at radius 3 is 2.59 bits per heavy atom. The second-order valence-electron chi connectivity index (χ2n) is 4.77. The highest BCUT2D eigenvalue weighted by molar-refractivity contribution is 5.92. The van der Waals surface area contributed by atoms with Crippen LogP contribution in [0.3, 0.4) is 0 Å². The first-order chi connectivity index (χ1) is 8.15. The normalized spacial score (nSPS) is 24.3. The molecule has 1 aliphatic carbocycles. The number of amides is 1. The number of aromatic nitrogens is 2. The summed E-state index contributed by atoms with van der Waals surface area (Å²) in [5, 5.41) is 10.4. The number of hydrogen-bond donors (Lipinski definition) is 2. The van der Waals surface area contributed by atoms with Crippen LogP contribution < -0.4 is 11.1 Å². The molecule has 1 aromatic rings. The first-order valence-corrected chi connectivity index (χ1v) is 6.05. The highest BCUT2D eigenvalue weighted by Gasteiger charge is 2.20. The van der Waals surface area contributed by atoms with Crippen LogP contribution in [0.5, 0.6) is 0 Å². The van der Waals surface area contributed by atoms with Gasteiger partial charge in [-0.25, -0.2) is 0 Å². The van der Waals surface area contributed by atoms with Gasteiger partial charge in [-0.05, 0) is 43.7 Å². The van der Waals surface area contributed by atoms with Crippen LogP contribution in [-0.4, -0.2) is 22.1 Å². The predicted octanol–water partition coefficient (Wildman–Crippen LogP) is 1.37. The van der Waals surface area contributed by atoms with E-state index in [1.807, 2.05) is 0 Å². The van der Waals surface area contributed by atoms with Gasteiger partial charge in [-0.3, -0.25) is 4.79 Å². The topological polar surface area (TPSA) is 80.9 Å². The lowest BCUT2D eigenvalue weighted by Gasteiger charge is -2.26. The fourth-order valence-corrected chi connectivity index (χ4v) is 2.13. The molecule has 0 unspecified atom stereocenters. The molecular weight excluding hydrogens is 216 g/mol. The summed E-state index contributed by atoms with van der Waals surface area (Å²) in [7, 11) is 0. The molecular formula is C12H18N4O. The Kier molecular flexibility index (Phi) is 3.56. The number of rotatable bonds is 2. The van der Waals surface area contributed by atoms with Gasteiger partial charge >= 0.3 is 0 Å². The van der Waals surface area contributed by atoms with Crippen molar-refractivity contribution in [2.24, 2.45) is 5.92 Å². The van der Waals surface area contributed by atoms with Crippen LogP contribution >= 0.6 is 0 Å². The largest absolute Gasteiger partial charge is 0.382 e. The highest BCUT2D eigenvalue weighted by atomic mass is 16.2. The number of hydrogen-bond acceptors (Lipinski definition) is 4. The van der Waals surface area contributed by atoms with Crippen molar-refractivity contribution in [1.82, 2.24) is 15.5 Å². The van der Waals surface area contributed by atoms with E-state index in [2.05, 4.69) is 22.4 Å². The van der Waals surface area contributed by atoms with Crippen molar-refractivity contribution in [2.75, 3.05) is 5.73 Å². The van der Waals surface area contributed by atoms with Crippen molar-refractivity contribution in [3.8, 4) is 0 Å². The van der Waals surface area contributed by atoms with E-state index < -0.39 is 0 Å². The lowest BCUT2D eigenvalue weighted by atomic mass is 9.87. The number of anilines is 1. The summed E-state index contributed by atoms with van der Waals surface area (Å²) in [6.45, 7) is 2.25. The van der Waals surface area contributed by atoms with Gasteiger partial charge in [-0.15, -0.1) is 10.2 Å². The maximum absolute atomic E-state index is 11.9. The average molecular weight is 234 g/mol. The molecule has 5 heteroatoms. The molecule has 0 bridgehead atoms. The number of carbonyl (C=O) groups excluding carboxylic acids is 1. The van der Waals surface area contributed by atoms with Gasteiger partial charge in [0.25, 0.3) is 5.91 Å². The molecule has 0 spiro atoms. The van der Waals surface area contributed by atoms with Crippen LogP contribution in [-0.2, 0) is 0 Å². The smallest absolute Gasteiger partial charge is 0.272 e. The third-order valence-corrected chi connectivity index (χ3v) is 3.27. The lowest BCUT2D eigenvalue weighted by Crippen LogP contribution is -2.37. The molecule has 1 aromatic heterocycles. The number of nitrogen functional groups attached to an aromatic ring is 1. The van der Waals surface area contributed by atoms with E-state index in [-0.39, 0.29) is 11.9 Å². The monoisotopic (exact) mass is 234 g/mol. The number of nitrogens with two attached hydrogens (primary N) is 1. The van der Waals surface area contributed by atoms with Crippen LogP contribution in [0.1, 0.15) is 43.1 Å². The van der Waals surface area contributed by atoms with E-state index in [1.54, 1.807) is 12.1 Å². The summed E-state index contributed by atoms with van der Waals surface area (Å²) >= 11 is 0. The van der Waals surface area contributed by atoms with Gasteiger partial charge in [0.1, 0.15) is 5.82 Å². The Balaban J connectivity index is 1.91. The molecule has 0 radical (unpaired) electrons. The molecule has 92 valence electrons. The lowest BCUT2D eigenvalue weighted by molar-refractivity contribution is 0.0917. The summed E-state index contributed by atoms with van der Waals surface area (Å²) in [5.41, 5.74) is 5.75. The first-order valence-electron chi connectivity index (χ1n) is 6.05. The summed E-state index contributed by atoms with van der Waals surface area (Å²) in [4.78, 5) is 11.9. The number of nitrogens with one attached hydrogen (secondary N) is 1. The summed E-state index contributed by atoms with van der Waals surface area (Å²) in [5.74, 6) is 0.949. The second-order valence-corrected chi connectivity index (χ2v) is 4.77. The van der Waals surface area contributed by atoms with E-state index in [0.29, 0.717) is 11.5 Å². The van der Waals surface area contributed by atoms with Crippen molar-refractivity contribution >= 4 is 11.7 Å². The molecule has 1 amide bonds. The zero-order valence-corrected chi connectivity index (χ0v) is 10.0. The Morgan fingerprint density at radius 2 is 2.00 bits per heavy atom. The van der Waals surface area contributed by atoms with Crippen molar-refractivity contribution < 1.29 is 4.79 Å². The van der Waals surface area contributed by atoms with E-state index in [4.69, 9.17) is 5.73 Å². The van der Waals surface area contributed by atoms with Crippen LogP contribution in [0.25, 0.3) is 0 Å².